The first-order valence-electron chi connectivity index (χ1n) is 35.7. The first kappa shape index (κ1) is 106. The summed E-state index contributed by atoms with van der Waals surface area (Å²) in [5, 5.41) is 109. The van der Waals surface area contributed by atoms with E-state index in [0.717, 1.165) is 0 Å². The van der Waals surface area contributed by atoms with Crippen LogP contribution in [-0.4, -0.2) is 358 Å². The summed E-state index contributed by atoms with van der Waals surface area (Å²) >= 11 is 0. The molecular formula is C67H111N15O26S4-6. The number of aliphatic hydroxyl groups excluding tert-OH is 1. The maximum absolute atomic E-state index is 12.9. The normalized spacial score (nSPS) is 12.6. The highest BCUT2D eigenvalue weighted by molar-refractivity contribution is 8.77. The molecule has 0 radical (unpaired) electrons. The van der Waals surface area contributed by atoms with Gasteiger partial charge in [0.1, 0.15) is 11.6 Å². The Morgan fingerprint density at radius 2 is 0.741 bits per heavy atom. The molecular weight excluding hydrogens is 1560 g/mol. The van der Waals surface area contributed by atoms with Crippen LogP contribution in [0.25, 0.3) is 0 Å². The van der Waals surface area contributed by atoms with Crippen molar-refractivity contribution in [2.45, 2.75) is 112 Å². The number of rotatable bonds is 67. The van der Waals surface area contributed by atoms with Gasteiger partial charge in [-0.15, -0.1) is 0 Å². The number of carbonyl (C=O) groups is 18. The lowest BCUT2D eigenvalue weighted by molar-refractivity contribution is -0.308. The number of hydrogen-bond donors (Lipinski definition) is 11. The Hall–Kier alpha value is -7.86. The molecule has 0 rings (SSSR count). The lowest BCUT2D eigenvalue weighted by Gasteiger charge is -2.35. The minimum absolute atomic E-state index is 0.00225. The number of aliphatic carboxylic acids is 7. The van der Waals surface area contributed by atoms with E-state index in [-0.39, 0.29) is 179 Å². The predicted octanol–water partition coefficient (Wildman–Crippen LogP) is -12.4. The van der Waals surface area contributed by atoms with Crippen molar-refractivity contribution in [2.24, 2.45) is 10.8 Å². The van der Waals surface area contributed by atoms with Crippen molar-refractivity contribution in [1.29, 1.82) is 0 Å². The summed E-state index contributed by atoms with van der Waals surface area (Å²) in [4.78, 5) is 220. The monoisotopic (exact) mass is 1670 g/mol. The molecule has 0 aromatic heterocycles. The Bertz CT molecular complexity index is 3020. The van der Waals surface area contributed by atoms with Crippen LogP contribution in [0.2, 0.25) is 0 Å². The van der Waals surface area contributed by atoms with Gasteiger partial charge in [-0.05, 0) is 60.4 Å². The fraction of sp³-hybridized carbons (Fsp3) is 0.731. The lowest BCUT2D eigenvalue weighted by atomic mass is 9.71. The number of carboxylic acids is 7. The molecule has 0 aliphatic heterocycles. The van der Waals surface area contributed by atoms with Crippen LogP contribution >= 0.6 is 43.2 Å². The van der Waals surface area contributed by atoms with Gasteiger partial charge < -0.3 is 117 Å². The molecule has 4 unspecified atom stereocenters. The lowest BCUT2D eigenvalue weighted by Crippen LogP contribution is -2.49. The Labute approximate surface area is 667 Å². The molecule has 640 valence electrons. The Kier molecular flexibility index (Phi) is 57.6. The molecule has 0 saturated carbocycles. The largest absolute Gasteiger partial charge is 0.549 e. The van der Waals surface area contributed by atoms with E-state index in [2.05, 4.69) is 47.9 Å². The second kappa shape index (κ2) is 60.7. The number of hydrogen-bond acceptors (Lipinski definition) is 36. The van der Waals surface area contributed by atoms with Gasteiger partial charge in [0.2, 0.25) is 47.3 Å². The second-order valence-electron chi connectivity index (χ2n) is 26.7. The molecule has 0 aromatic carbocycles. The van der Waals surface area contributed by atoms with Crippen LogP contribution < -0.4 is 78.5 Å². The zero-order valence-corrected chi connectivity index (χ0v) is 68.3. The van der Waals surface area contributed by atoms with Crippen molar-refractivity contribution < 1.29 is 127 Å². The van der Waals surface area contributed by atoms with Gasteiger partial charge >= 0.3 is 5.97 Å². The van der Waals surface area contributed by atoms with Crippen LogP contribution in [0.5, 0.6) is 0 Å². The molecule has 4 atom stereocenters. The summed E-state index contributed by atoms with van der Waals surface area (Å²) in [6.45, 7) is 8.17. The Morgan fingerprint density at radius 1 is 0.411 bits per heavy atom. The summed E-state index contributed by atoms with van der Waals surface area (Å²) in [6, 6.07) is -1.71. The molecule has 8 amide bonds. The van der Waals surface area contributed by atoms with E-state index in [1.54, 1.807) is 27.7 Å². The van der Waals surface area contributed by atoms with Crippen LogP contribution in [0, 0.1) is 10.8 Å². The fourth-order valence-electron chi connectivity index (χ4n) is 10.2. The number of nitrogens with one attached hydrogen (secondary N) is 9. The summed E-state index contributed by atoms with van der Waals surface area (Å²) in [5.74, 6) is -12.2. The first-order valence-corrected chi connectivity index (χ1v) is 40.7. The third-order valence-corrected chi connectivity index (χ3v) is 20.7. The number of likely N-dealkylation sites (N-methyl/N-ethyl adjacent to an activating group) is 1. The Morgan fingerprint density at radius 3 is 1.08 bits per heavy atom. The second-order valence-corrected chi connectivity index (χ2v) is 32.1. The summed E-state index contributed by atoms with van der Waals surface area (Å²) < 4.78 is 0. The molecule has 0 saturated heterocycles. The maximum Gasteiger partial charge on any atom is 0.303 e. The van der Waals surface area contributed by atoms with Crippen molar-refractivity contribution in [1.82, 2.24) is 77.3 Å². The van der Waals surface area contributed by atoms with Crippen LogP contribution in [-0.2, 0) is 86.3 Å². The van der Waals surface area contributed by atoms with Crippen molar-refractivity contribution in [2.75, 3.05) is 194 Å². The van der Waals surface area contributed by atoms with Gasteiger partial charge in [0.25, 0.3) is 0 Å². The summed E-state index contributed by atoms with van der Waals surface area (Å²) in [6.07, 6.45) is -0.232. The van der Waals surface area contributed by atoms with Gasteiger partial charge in [-0.25, -0.2) is 0 Å². The van der Waals surface area contributed by atoms with Gasteiger partial charge in [0.05, 0.1) is 93.3 Å². The zero-order valence-electron chi connectivity index (χ0n) is 65.0. The highest BCUT2D eigenvalue weighted by Gasteiger charge is 2.41. The average Bonchev–Trinajstić information content (AvgIpc) is 0.814. The number of aliphatic hydroxyl groups is 1. The van der Waals surface area contributed by atoms with Crippen molar-refractivity contribution >= 4 is 150 Å². The van der Waals surface area contributed by atoms with Crippen molar-refractivity contribution in [3.8, 4) is 0 Å². The van der Waals surface area contributed by atoms with E-state index in [1.165, 1.54) is 100 Å². The van der Waals surface area contributed by atoms with E-state index in [1.807, 2.05) is 6.92 Å². The molecule has 0 aliphatic carbocycles. The first-order chi connectivity index (χ1) is 52.4. The molecule has 0 heterocycles. The molecule has 0 spiro atoms. The van der Waals surface area contributed by atoms with Crippen LogP contribution in [0.15, 0.2) is 0 Å². The number of ketones is 3. The highest BCUT2D eigenvalue weighted by atomic mass is 33.1. The van der Waals surface area contributed by atoms with Crippen LogP contribution in [0.3, 0.4) is 0 Å². The van der Waals surface area contributed by atoms with Gasteiger partial charge in [-0.3, -0.25) is 86.9 Å². The third-order valence-electron chi connectivity index (χ3n) is 15.8. The summed E-state index contributed by atoms with van der Waals surface area (Å²) in [7, 11) is 7.16. The molecule has 45 heteroatoms. The zero-order chi connectivity index (χ0) is 85.5. The molecule has 11 N–H and O–H groups in total. The van der Waals surface area contributed by atoms with Gasteiger partial charge in [-0.2, -0.15) is 0 Å². The Balaban J connectivity index is 0. The van der Waals surface area contributed by atoms with Gasteiger partial charge in [0, 0.05) is 171 Å². The topological polar surface area (TPSA) is 614 Å². The number of carboxylic acid groups (broad SMARTS) is 7. The summed E-state index contributed by atoms with van der Waals surface area (Å²) in [5.41, 5.74) is -1.89. The number of nitrogens with zero attached hydrogens (tertiary/aromatic N) is 6. The predicted molar refractivity (Wildman–Crippen MR) is 401 cm³/mol. The van der Waals surface area contributed by atoms with E-state index in [9.17, 15) is 122 Å². The molecule has 0 aromatic rings. The molecule has 0 fully saturated rings. The SMILES string of the molecule is CCC(C)(CC(C)(C)C(=O)NCC(=O)NCC(=O)NCCSSCCNC(=O)CN(CCN(CCN(CC(C)=O)CC(=O)[O-])CC(=O)[O-])CC(=O)[O-])C(=O)NCC(C)O.CNC(CCC(=O)O)C(=O)NC(CCC(=O)NCCSSCCNC(=O)CN(CCN(CCN(CC(C)=O)CC(=O)[O-])CC(=O)[O-])CC(=O)[O-])C(C)=O. The highest BCUT2D eigenvalue weighted by Crippen LogP contribution is 2.37. The average molecular weight is 1670 g/mol. The molecule has 112 heavy (non-hydrogen) atoms. The quantitative estimate of drug-likeness (QED) is 0.0199. The number of carbonyl (C=O) groups excluding carboxylic acids is 17. The minimum Gasteiger partial charge on any atom is -0.549 e. The smallest absolute Gasteiger partial charge is 0.303 e. The van der Waals surface area contributed by atoms with E-state index >= 15 is 0 Å². The van der Waals surface area contributed by atoms with Crippen LogP contribution in [0.4, 0.5) is 0 Å². The standard InChI is InChI=1S/C36H64N8O13S2.C31H53N7O13S2/c1-7-36(6,34(57)40-16-25(2)45)24-35(4,5)33(56)41-18-28(48)39-17-27(47)37-8-14-58-59-15-9-38-29(49)20-44(23-32(54)55)13-11-42(21-30(50)51)10-12-43(19-26(3)46)22-31(52)53;1-21(39)16-37(19-29(47)48)12-10-36(18-28(45)46)11-13-38(20-30(49)50)17-26(42)34-9-15-53-52-14-8-33-25(41)6-4-23(22(2)40)35-31(51)24(32-3)5-7-27(43)44/h25,45H,7-24H2,1-6H3,(H,37,47)(H,38,49)(H,39,48)(H,40,57)(H,41,56)(H,50,51)(H,52,53)(H,54,55);23-24,32H,4-20H2,1-3H3,(H,33,41)(H,34,42)(H,35,51)(H,43,44)(H,45,46)(H,47,48)(H,49,50)/p-6. The maximum atomic E-state index is 12.9. The number of Topliss-reactive ketones (excluding diaryl/α,β-unsaturated/α-hetero) is 3. The van der Waals surface area contributed by atoms with E-state index < -0.39 is 146 Å². The van der Waals surface area contributed by atoms with Gasteiger partial charge in [-0.1, -0.05) is 70.9 Å². The van der Waals surface area contributed by atoms with Crippen molar-refractivity contribution in [3.05, 3.63) is 0 Å². The fourth-order valence-corrected chi connectivity index (χ4v) is 13.8. The molecule has 41 nitrogen and oxygen atoms in total. The third kappa shape index (κ3) is 58.1. The van der Waals surface area contributed by atoms with Crippen molar-refractivity contribution in [3.63, 3.8) is 0 Å². The molecule has 0 aliphatic rings. The minimum atomic E-state index is -1.46. The van der Waals surface area contributed by atoms with Gasteiger partial charge in [0.15, 0.2) is 5.78 Å². The van der Waals surface area contributed by atoms with E-state index in [4.69, 9.17) is 5.11 Å². The number of amides is 8. The molecule has 0 bridgehead atoms. The van der Waals surface area contributed by atoms with Crippen LogP contribution in [0.1, 0.15) is 93.9 Å². The van der Waals surface area contributed by atoms with E-state index in [0.29, 0.717) is 36.0 Å².